The number of nitrogens with one attached hydrogen (secondary N) is 1. The largest absolute Gasteiger partial charge is 0.486 e. The lowest BCUT2D eigenvalue weighted by molar-refractivity contribution is -0.113. The molecule has 0 unspecified atom stereocenters. The fourth-order valence-electron chi connectivity index (χ4n) is 2.20. The smallest absolute Gasteiger partial charge is 0.234 e. The van der Waals surface area contributed by atoms with E-state index in [-0.39, 0.29) is 24.1 Å². The molecule has 0 saturated carbocycles. The molecule has 28 heavy (non-hydrogen) atoms. The number of para-hydroxylation sites is 1. The monoisotopic (exact) mass is 440 g/mol. The second-order valence-electron chi connectivity index (χ2n) is 5.63. The average molecular weight is 441 g/mol. The lowest BCUT2D eigenvalue weighted by Crippen LogP contribution is -2.15. The highest BCUT2D eigenvalue weighted by Crippen LogP contribution is 2.30. The maximum Gasteiger partial charge on any atom is 0.234 e. The predicted octanol–water partition coefficient (Wildman–Crippen LogP) is 4.57. The number of carbonyl (C=O) groups excluding carboxylic acids is 1. The van der Waals surface area contributed by atoms with E-state index in [1.807, 2.05) is 0 Å². The Bertz CT molecular complexity index is 962. The summed E-state index contributed by atoms with van der Waals surface area (Å²) in [6.45, 7) is 0.164. The van der Waals surface area contributed by atoms with E-state index in [0.29, 0.717) is 32.5 Å². The van der Waals surface area contributed by atoms with Gasteiger partial charge in [-0.05, 0) is 36.4 Å². The summed E-state index contributed by atoms with van der Waals surface area (Å²) in [6, 6.07) is 10.7. The maximum atomic E-state index is 12.9. The van der Waals surface area contributed by atoms with Gasteiger partial charge in [0, 0.05) is 7.05 Å². The van der Waals surface area contributed by atoms with Crippen molar-refractivity contribution in [3.63, 3.8) is 0 Å². The van der Waals surface area contributed by atoms with Crippen molar-refractivity contribution in [3.8, 4) is 5.75 Å². The molecule has 3 aromatic rings. The van der Waals surface area contributed by atoms with Gasteiger partial charge in [0.05, 0.1) is 21.5 Å². The minimum atomic E-state index is -0.332. The zero-order valence-corrected chi connectivity index (χ0v) is 17.0. The second kappa shape index (κ2) is 9.27. The predicted molar refractivity (Wildman–Crippen MR) is 108 cm³/mol. The molecule has 0 spiro atoms. The molecule has 0 saturated heterocycles. The molecule has 6 nitrogen and oxygen atoms in total. The van der Waals surface area contributed by atoms with E-state index in [2.05, 4.69) is 15.5 Å². The molecule has 0 aliphatic carbocycles. The Morgan fingerprint density at radius 2 is 1.86 bits per heavy atom. The second-order valence-corrected chi connectivity index (χ2v) is 7.39. The first kappa shape index (κ1) is 20.4. The highest BCUT2D eigenvalue weighted by Gasteiger charge is 2.14. The summed E-state index contributed by atoms with van der Waals surface area (Å²) in [5.41, 5.74) is 0.378. The van der Waals surface area contributed by atoms with E-state index in [9.17, 15) is 9.18 Å². The molecular weight excluding hydrogens is 426 g/mol. The summed E-state index contributed by atoms with van der Waals surface area (Å²) in [4.78, 5) is 12.2. The first-order chi connectivity index (χ1) is 13.4. The van der Waals surface area contributed by atoms with Gasteiger partial charge >= 0.3 is 0 Å². The summed E-state index contributed by atoms with van der Waals surface area (Å²) in [5, 5.41) is 12.1. The van der Waals surface area contributed by atoms with Gasteiger partial charge in [0.1, 0.15) is 18.2 Å². The van der Waals surface area contributed by atoms with Crippen molar-refractivity contribution in [2.75, 3.05) is 11.1 Å². The number of benzene rings is 2. The van der Waals surface area contributed by atoms with Crippen LogP contribution in [-0.2, 0) is 18.4 Å². The van der Waals surface area contributed by atoms with Crippen LogP contribution in [0.25, 0.3) is 0 Å². The number of anilines is 1. The number of amides is 1. The Labute approximate surface area is 175 Å². The van der Waals surface area contributed by atoms with Gasteiger partial charge in [-0.1, -0.05) is 41.0 Å². The highest BCUT2D eigenvalue weighted by molar-refractivity contribution is 7.99. The van der Waals surface area contributed by atoms with Crippen molar-refractivity contribution < 1.29 is 13.9 Å². The van der Waals surface area contributed by atoms with E-state index < -0.39 is 0 Å². The summed E-state index contributed by atoms with van der Waals surface area (Å²) in [7, 11) is 1.77. The van der Waals surface area contributed by atoms with Gasteiger partial charge in [0.25, 0.3) is 0 Å². The molecule has 1 aromatic heterocycles. The van der Waals surface area contributed by atoms with Gasteiger partial charge in [-0.2, -0.15) is 0 Å². The number of thioether (sulfide) groups is 1. The van der Waals surface area contributed by atoms with Crippen LogP contribution in [0.1, 0.15) is 5.82 Å². The molecule has 146 valence electrons. The molecule has 0 aliphatic rings. The van der Waals surface area contributed by atoms with Crippen molar-refractivity contribution in [2.24, 2.45) is 7.05 Å². The van der Waals surface area contributed by atoms with Crippen LogP contribution in [0.3, 0.4) is 0 Å². The van der Waals surface area contributed by atoms with Crippen LogP contribution in [-0.4, -0.2) is 26.4 Å². The number of halogens is 3. The number of rotatable bonds is 7. The van der Waals surface area contributed by atoms with Crippen molar-refractivity contribution in [1.82, 2.24) is 14.8 Å². The fraction of sp³-hybridized carbons (Fsp3) is 0.167. The normalized spacial score (nSPS) is 10.7. The van der Waals surface area contributed by atoms with Gasteiger partial charge in [0.2, 0.25) is 5.91 Å². The van der Waals surface area contributed by atoms with Crippen LogP contribution >= 0.6 is 35.0 Å². The van der Waals surface area contributed by atoms with Gasteiger partial charge < -0.3 is 14.6 Å². The van der Waals surface area contributed by atoms with Crippen molar-refractivity contribution in [3.05, 3.63) is 64.2 Å². The number of hydrogen-bond donors (Lipinski definition) is 1. The van der Waals surface area contributed by atoms with Crippen LogP contribution in [0.2, 0.25) is 10.0 Å². The molecule has 3 rings (SSSR count). The van der Waals surface area contributed by atoms with Crippen LogP contribution < -0.4 is 10.1 Å². The van der Waals surface area contributed by atoms with E-state index >= 15 is 0 Å². The third-order valence-electron chi connectivity index (χ3n) is 3.67. The van der Waals surface area contributed by atoms with E-state index in [1.54, 1.807) is 29.8 Å². The zero-order valence-electron chi connectivity index (χ0n) is 14.7. The molecule has 0 atom stereocenters. The minimum absolute atomic E-state index is 0.104. The summed E-state index contributed by atoms with van der Waals surface area (Å²) in [6.07, 6.45) is 0. The summed E-state index contributed by atoms with van der Waals surface area (Å²) >= 11 is 13.3. The summed E-state index contributed by atoms with van der Waals surface area (Å²) < 4.78 is 20.2. The summed E-state index contributed by atoms with van der Waals surface area (Å²) in [5.74, 6) is 0.593. The Balaban J connectivity index is 1.55. The van der Waals surface area contributed by atoms with Gasteiger partial charge in [-0.25, -0.2) is 4.39 Å². The molecule has 1 N–H and O–H groups in total. The fourth-order valence-corrected chi connectivity index (χ4v) is 3.42. The van der Waals surface area contributed by atoms with Gasteiger partial charge in [0.15, 0.2) is 11.0 Å². The molecule has 0 aliphatic heterocycles. The molecule has 0 fully saturated rings. The zero-order chi connectivity index (χ0) is 20.1. The van der Waals surface area contributed by atoms with E-state index in [0.717, 1.165) is 0 Å². The topological polar surface area (TPSA) is 69.0 Å². The van der Waals surface area contributed by atoms with Crippen LogP contribution in [0.4, 0.5) is 10.1 Å². The molecule has 2 aromatic carbocycles. The Kier molecular flexibility index (Phi) is 6.77. The average Bonchev–Trinajstić information content (AvgIpc) is 3.02. The van der Waals surface area contributed by atoms with Crippen molar-refractivity contribution in [1.29, 1.82) is 0 Å². The SMILES string of the molecule is Cn1c(COc2ccc(F)cc2)nnc1SCC(=O)Nc1c(Cl)cccc1Cl. The number of carbonyl (C=O) groups is 1. The number of ether oxygens (including phenoxy) is 1. The van der Waals surface area contributed by atoms with E-state index in [4.69, 9.17) is 27.9 Å². The lowest BCUT2D eigenvalue weighted by atomic mass is 10.3. The molecule has 0 radical (unpaired) electrons. The quantitative estimate of drug-likeness (QED) is 0.544. The highest BCUT2D eigenvalue weighted by atomic mass is 35.5. The Morgan fingerprint density at radius 3 is 2.54 bits per heavy atom. The molecule has 0 bridgehead atoms. The first-order valence-electron chi connectivity index (χ1n) is 8.07. The molecule has 10 heteroatoms. The molecule has 1 amide bonds. The van der Waals surface area contributed by atoms with Crippen molar-refractivity contribution in [2.45, 2.75) is 11.8 Å². The number of aromatic nitrogens is 3. The van der Waals surface area contributed by atoms with E-state index in [1.165, 1.54) is 36.0 Å². The third kappa shape index (κ3) is 5.15. The van der Waals surface area contributed by atoms with Crippen LogP contribution in [0, 0.1) is 5.82 Å². The van der Waals surface area contributed by atoms with Crippen LogP contribution in [0.5, 0.6) is 5.75 Å². The standard InChI is InChI=1S/C18H15Cl2FN4O2S/c1-25-15(9-27-12-7-5-11(21)6-8-12)23-24-18(25)28-10-16(26)22-17-13(19)3-2-4-14(17)20/h2-8H,9-10H2,1H3,(H,22,26). The molecular formula is C18H15Cl2FN4O2S. The van der Waals surface area contributed by atoms with Gasteiger partial charge in [-0.15, -0.1) is 10.2 Å². The van der Waals surface area contributed by atoms with Gasteiger partial charge in [-0.3, -0.25) is 4.79 Å². The minimum Gasteiger partial charge on any atom is -0.486 e. The lowest BCUT2D eigenvalue weighted by Gasteiger charge is -2.09. The Hall–Kier alpha value is -2.29. The first-order valence-corrected chi connectivity index (χ1v) is 9.81. The number of hydrogen-bond acceptors (Lipinski definition) is 5. The number of nitrogens with zero attached hydrogens (tertiary/aromatic N) is 3. The third-order valence-corrected chi connectivity index (χ3v) is 5.32. The Morgan fingerprint density at radius 1 is 1.18 bits per heavy atom. The molecule has 1 heterocycles. The van der Waals surface area contributed by atoms with Crippen molar-refractivity contribution >= 4 is 46.6 Å². The maximum absolute atomic E-state index is 12.9. The van der Waals surface area contributed by atoms with Crippen LogP contribution in [0.15, 0.2) is 47.6 Å².